The molecule has 1 heterocycles. The normalized spacial score (nSPS) is 13.5. The van der Waals surface area contributed by atoms with Gasteiger partial charge in [0.2, 0.25) is 0 Å². The second-order valence-corrected chi connectivity index (χ2v) is 7.31. The maximum Gasteiger partial charge on any atom is 0.175 e. The van der Waals surface area contributed by atoms with Crippen LogP contribution in [-0.4, -0.2) is 19.8 Å². The second kappa shape index (κ2) is 4.84. The van der Waals surface area contributed by atoms with Crippen LogP contribution in [0.25, 0.3) is 0 Å². The van der Waals surface area contributed by atoms with E-state index < -0.39 is 15.9 Å². The molecule has 1 aromatic heterocycles. The predicted molar refractivity (Wildman–Crippen MR) is 72.7 cm³/mol. The molecule has 3 nitrogen and oxygen atoms in total. The Labute approximate surface area is 111 Å². The third-order valence-electron chi connectivity index (χ3n) is 2.82. The van der Waals surface area contributed by atoms with Crippen molar-refractivity contribution in [1.29, 1.82) is 0 Å². The zero-order chi connectivity index (χ0) is 13.3. The number of benzene rings is 1. The summed E-state index contributed by atoms with van der Waals surface area (Å²) in [7, 11) is -3.19. The molecule has 18 heavy (non-hydrogen) atoms. The first kappa shape index (κ1) is 13.3. The number of thiophene rings is 1. The lowest BCUT2D eigenvalue weighted by atomic mass is 10.0. The Bertz CT molecular complexity index is 639. The Morgan fingerprint density at radius 2 is 1.78 bits per heavy atom. The maximum atomic E-state index is 11.3. The molecular weight excluding hydrogens is 268 g/mol. The van der Waals surface area contributed by atoms with E-state index in [1.54, 1.807) is 23.5 Å². The van der Waals surface area contributed by atoms with Crippen LogP contribution in [-0.2, 0) is 9.84 Å². The quantitative estimate of drug-likeness (QED) is 0.941. The van der Waals surface area contributed by atoms with Gasteiger partial charge in [-0.25, -0.2) is 8.42 Å². The summed E-state index contributed by atoms with van der Waals surface area (Å²) in [4.78, 5) is 1.33. The van der Waals surface area contributed by atoms with Crippen molar-refractivity contribution in [2.75, 3.05) is 6.26 Å². The molecule has 2 rings (SSSR count). The summed E-state index contributed by atoms with van der Waals surface area (Å²) in [6, 6.07) is 8.23. The summed E-state index contributed by atoms with van der Waals surface area (Å²) >= 11 is 1.58. The molecule has 0 radical (unpaired) electrons. The highest BCUT2D eigenvalue weighted by atomic mass is 32.2. The van der Waals surface area contributed by atoms with E-state index in [1.165, 1.54) is 18.4 Å². The molecule has 1 unspecified atom stereocenters. The molecule has 5 heteroatoms. The van der Waals surface area contributed by atoms with Crippen LogP contribution in [0, 0.1) is 6.92 Å². The van der Waals surface area contributed by atoms with Gasteiger partial charge in [0.05, 0.1) is 4.90 Å². The van der Waals surface area contributed by atoms with Crippen LogP contribution in [0.3, 0.4) is 0 Å². The molecular formula is C13H14O3S2. The molecule has 0 aliphatic carbocycles. The molecule has 96 valence electrons. The lowest BCUT2D eigenvalue weighted by molar-refractivity contribution is 0.220. The Morgan fingerprint density at radius 1 is 1.17 bits per heavy atom. The fourth-order valence-corrected chi connectivity index (χ4v) is 3.12. The molecule has 1 aromatic carbocycles. The first-order valence-corrected chi connectivity index (χ1v) is 8.19. The van der Waals surface area contributed by atoms with Gasteiger partial charge in [-0.2, -0.15) is 0 Å². The van der Waals surface area contributed by atoms with Crippen molar-refractivity contribution in [3.63, 3.8) is 0 Å². The van der Waals surface area contributed by atoms with Crippen LogP contribution in [0.4, 0.5) is 0 Å². The lowest BCUT2D eigenvalue weighted by Gasteiger charge is -2.11. The van der Waals surface area contributed by atoms with Gasteiger partial charge in [-0.1, -0.05) is 12.1 Å². The van der Waals surface area contributed by atoms with Crippen LogP contribution >= 0.6 is 11.3 Å². The van der Waals surface area contributed by atoms with E-state index in [0.717, 1.165) is 10.4 Å². The van der Waals surface area contributed by atoms with Gasteiger partial charge in [0.1, 0.15) is 6.10 Å². The molecule has 0 amide bonds. The summed E-state index contributed by atoms with van der Waals surface area (Å²) < 4.78 is 22.7. The molecule has 0 saturated heterocycles. The van der Waals surface area contributed by atoms with E-state index in [1.807, 2.05) is 18.4 Å². The fraction of sp³-hybridized carbons (Fsp3) is 0.231. The Kier molecular flexibility index (Phi) is 3.56. The van der Waals surface area contributed by atoms with E-state index in [0.29, 0.717) is 5.56 Å². The average molecular weight is 282 g/mol. The van der Waals surface area contributed by atoms with Gasteiger partial charge in [-0.3, -0.25) is 0 Å². The Hall–Kier alpha value is -1.17. The van der Waals surface area contributed by atoms with Crippen LogP contribution in [0.15, 0.2) is 40.6 Å². The van der Waals surface area contributed by atoms with E-state index in [9.17, 15) is 13.5 Å². The summed E-state index contributed by atoms with van der Waals surface area (Å²) in [6.45, 7) is 1.95. The third-order valence-corrected chi connectivity index (χ3v) is 4.81. The fourth-order valence-electron chi connectivity index (χ4n) is 1.76. The van der Waals surface area contributed by atoms with Gasteiger partial charge in [-0.05, 0) is 41.6 Å². The molecule has 0 saturated carbocycles. The largest absolute Gasteiger partial charge is 0.384 e. The lowest BCUT2D eigenvalue weighted by Crippen LogP contribution is -2.01. The third kappa shape index (κ3) is 2.63. The molecule has 0 spiro atoms. The van der Waals surface area contributed by atoms with E-state index in [2.05, 4.69) is 0 Å². The molecule has 2 aromatic rings. The minimum atomic E-state index is -3.19. The van der Waals surface area contributed by atoms with Gasteiger partial charge in [-0.15, -0.1) is 11.3 Å². The first-order chi connectivity index (χ1) is 8.39. The Morgan fingerprint density at radius 3 is 2.22 bits per heavy atom. The summed E-state index contributed by atoms with van der Waals surface area (Å²) in [6.07, 6.45) is 0.464. The van der Waals surface area contributed by atoms with Gasteiger partial charge >= 0.3 is 0 Å². The molecule has 1 N–H and O–H groups in total. The molecule has 1 atom stereocenters. The van der Waals surface area contributed by atoms with E-state index in [4.69, 9.17) is 0 Å². The summed E-state index contributed by atoms with van der Waals surface area (Å²) in [5.41, 5.74) is 1.57. The number of aliphatic hydroxyl groups excluding tert-OH is 1. The van der Waals surface area contributed by atoms with Crippen molar-refractivity contribution in [3.8, 4) is 0 Å². The van der Waals surface area contributed by atoms with Gasteiger partial charge < -0.3 is 5.11 Å². The number of aryl methyl sites for hydroxylation is 1. The first-order valence-electron chi connectivity index (χ1n) is 5.41. The average Bonchev–Trinajstić information content (AvgIpc) is 2.73. The topological polar surface area (TPSA) is 54.4 Å². The van der Waals surface area contributed by atoms with Crippen molar-refractivity contribution in [2.45, 2.75) is 17.9 Å². The van der Waals surface area contributed by atoms with Gasteiger partial charge in [0.25, 0.3) is 0 Å². The minimum Gasteiger partial charge on any atom is -0.384 e. The summed E-state index contributed by atoms with van der Waals surface area (Å²) in [5, 5.41) is 12.1. The number of hydrogen-bond donors (Lipinski definition) is 1. The van der Waals surface area contributed by atoms with Crippen molar-refractivity contribution in [2.24, 2.45) is 0 Å². The van der Waals surface area contributed by atoms with Crippen LogP contribution in [0.5, 0.6) is 0 Å². The standard InChI is InChI=1S/C13H14O3S2/c1-9-12(7-8-17-9)13(14)10-3-5-11(6-4-10)18(2,15)16/h3-8,13-14H,1-2H3. The van der Waals surface area contributed by atoms with Gasteiger partial charge in [0, 0.05) is 11.1 Å². The zero-order valence-electron chi connectivity index (χ0n) is 10.1. The highest BCUT2D eigenvalue weighted by molar-refractivity contribution is 7.90. The zero-order valence-corrected chi connectivity index (χ0v) is 11.8. The van der Waals surface area contributed by atoms with Crippen LogP contribution < -0.4 is 0 Å². The minimum absolute atomic E-state index is 0.264. The van der Waals surface area contributed by atoms with Crippen LogP contribution in [0.1, 0.15) is 22.1 Å². The highest BCUT2D eigenvalue weighted by Gasteiger charge is 2.14. The number of hydrogen-bond acceptors (Lipinski definition) is 4. The second-order valence-electron chi connectivity index (χ2n) is 4.18. The van der Waals surface area contributed by atoms with Crippen molar-refractivity contribution < 1.29 is 13.5 Å². The van der Waals surface area contributed by atoms with Gasteiger partial charge in [0.15, 0.2) is 9.84 Å². The monoisotopic (exact) mass is 282 g/mol. The van der Waals surface area contributed by atoms with Crippen molar-refractivity contribution in [1.82, 2.24) is 0 Å². The molecule has 0 aliphatic heterocycles. The number of aliphatic hydroxyl groups is 1. The SMILES string of the molecule is Cc1sccc1C(O)c1ccc(S(C)(=O)=O)cc1. The molecule has 0 bridgehead atoms. The highest BCUT2D eigenvalue weighted by Crippen LogP contribution is 2.28. The smallest absolute Gasteiger partial charge is 0.175 e. The predicted octanol–water partition coefficient (Wildman–Crippen LogP) is 2.54. The van der Waals surface area contributed by atoms with Crippen molar-refractivity contribution >= 4 is 21.2 Å². The Balaban J connectivity index is 2.33. The summed E-state index contributed by atoms with van der Waals surface area (Å²) in [5.74, 6) is 0. The van der Waals surface area contributed by atoms with Crippen LogP contribution in [0.2, 0.25) is 0 Å². The number of rotatable bonds is 3. The molecule has 0 fully saturated rings. The van der Waals surface area contributed by atoms with Crippen molar-refractivity contribution in [3.05, 3.63) is 51.7 Å². The molecule has 0 aliphatic rings. The van der Waals surface area contributed by atoms with E-state index in [-0.39, 0.29) is 4.90 Å². The van der Waals surface area contributed by atoms with E-state index >= 15 is 0 Å². The maximum absolute atomic E-state index is 11.3. The number of sulfone groups is 1.